The summed E-state index contributed by atoms with van der Waals surface area (Å²) < 4.78 is 6.93. The summed E-state index contributed by atoms with van der Waals surface area (Å²) in [6.45, 7) is 0.477. The molecule has 0 aliphatic carbocycles. The molecule has 4 heteroatoms. The molecule has 0 aromatic heterocycles. The second-order valence-electron chi connectivity index (χ2n) is 5.19. The van der Waals surface area contributed by atoms with Crippen LogP contribution >= 0.6 is 27.5 Å². The zero-order chi connectivity index (χ0) is 16.8. The molecule has 0 fully saturated rings. The molecule has 0 radical (unpaired) electrons. The first-order valence-corrected chi connectivity index (χ1v) is 8.64. The molecule has 0 aliphatic heterocycles. The van der Waals surface area contributed by atoms with Crippen LogP contribution in [0, 0.1) is 0 Å². The summed E-state index contributed by atoms with van der Waals surface area (Å²) in [7, 11) is 0. The lowest BCUT2D eigenvalue weighted by Crippen LogP contribution is -1.98. The third kappa shape index (κ3) is 4.70. The molecule has 0 N–H and O–H groups in total. The minimum atomic E-state index is 0.477. The molecule has 0 amide bonds. The summed E-state index contributed by atoms with van der Waals surface area (Å²) in [5, 5.41) is 0.720. The molecule has 2 nitrogen and oxygen atoms in total. The largest absolute Gasteiger partial charge is 0.488 e. The van der Waals surface area contributed by atoms with Crippen molar-refractivity contribution in [2.24, 2.45) is 4.99 Å². The molecule has 0 saturated heterocycles. The van der Waals surface area contributed by atoms with Crippen molar-refractivity contribution in [3.05, 3.63) is 93.4 Å². The fourth-order valence-electron chi connectivity index (χ4n) is 2.15. The summed E-state index contributed by atoms with van der Waals surface area (Å²) in [6.07, 6.45) is 1.82. The zero-order valence-corrected chi connectivity index (χ0v) is 15.2. The third-order valence-electron chi connectivity index (χ3n) is 3.39. The fraction of sp³-hybridized carbons (Fsp3) is 0.0500. The van der Waals surface area contributed by atoms with Crippen molar-refractivity contribution in [3.63, 3.8) is 0 Å². The van der Waals surface area contributed by atoms with Gasteiger partial charge in [-0.05, 0) is 48.0 Å². The number of hydrogen-bond acceptors (Lipinski definition) is 2. The highest BCUT2D eigenvalue weighted by molar-refractivity contribution is 9.10. The normalized spacial score (nSPS) is 10.9. The maximum absolute atomic E-state index is 5.95. The predicted molar refractivity (Wildman–Crippen MR) is 104 cm³/mol. The summed E-state index contributed by atoms with van der Waals surface area (Å²) in [5.74, 6) is 0.785. The second kappa shape index (κ2) is 8.13. The number of benzene rings is 3. The van der Waals surface area contributed by atoms with Crippen molar-refractivity contribution < 1.29 is 4.74 Å². The van der Waals surface area contributed by atoms with Crippen LogP contribution in [0.1, 0.15) is 11.1 Å². The van der Waals surface area contributed by atoms with Gasteiger partial charge in [0.2, 0.25) is 0 Å². The Morgan fingerprint density at radius 3 is 2.46 bits per heavy atom. The van der Waals surface area contributed by atoms with Crippen LogP contribution in [0.15, 0.2) is 82.3 Å². The number of para-hydroxylation sites is 1. The highest BCUT2D eigenvalue weighted by atomic mass is 79.9. The van der Waals surface area contributed by atoms with Crippen LogP contribution in [-0.4, -0.2) is 6.21 Å². The Bertz CT molecular complexity index is 832. The van der Waals surface area contributed by atoms with Gasteiger partial charge in [0.1, 0.15) is 12.4 Å². The van der Waals surface area contributed by atoms with Gasteiger partial charge >= 0.3 is 0 Å². The van der Waals surface area contributed by atoms with Crippen molar-refractivity contribution in [3.8, 4) is 5.75 Å². The predicted octanol–water partition coefficient (Wildman–Crippen LogP) is 6.43. The van der Waals surface area contributed by atoms with Crippen LogP contribution in [-0.2, 0) is 6.61 Å². The Balaban J connectivity index is 1.77. The highest BCUT2D eigenvalue weighted by Gasteiger charge is 2.04. The lowest BCUT2D eigenvalue weighted by atomic mass is 10.2. The molecule has 0 atom stereocenters. The number of ether oxygens (including phenoxy) is 1. The quantitative estimate of drug-likeness (QED) is 0.452. The molecule has 0 heterocycles. The third-order valence-corrected chi connectivity index (χ3v) is 4.13. The monoisotopic (exact) mass is 399 g/mol. The van der Waals surface area contributed by atoms with Crippen LogP contribution in [0.4, 0.5) is 5.69 Å². The van der Waals surface area contributed by atoms with E-state index in [1.165, 1.54) is 0 Å². The van der Waals surface area contributed by atoms with Gasteiger partial charge < -0.3 is 4.74 Å². The SMILES string of the molecule is Clc1ccc(COc2ccc(Br)cc2C=Nc2ccccc2)cc1. The molecule has 3 aromatic carbocycles. The Morgan fingerprint density at radius 2 is 1.71 bits per heavy atom. The standard InChI is InChI=1S/C20H15BrClNO/c21-17-8-11-20(24-14-15-6-9-18(22)10-7-15)16(12-17)13-23-19-4-2-1-3-5-19/h1-13H,14H2. The summed E-state index contributed by atoms with van der Waals surface area (Å²) in [4.78, 5) is 4.50. The number of nitrogens with zero attached hydrogens (tertiary/aromatic N) is 1. The number of aliphatic imine (C=N–C) groups is 1. The van der Waals surface area contributed by atoms with Gasteiger partial charge in [-0.3, -0.25) is 4.99 Å². The number of halogens is 2. The van der Waals surface area contributed by atoms with Crippen LogP contribution in [0.5, 0.6) is 5.75 Å². The molecule has 0 aliphatic rings. The number of hydrogen-bond donors (Lipinski definition) is 0. The van der Waals surface area contributed by atoms with Crippen LogP contribution in [0.25, 0.3) is 0 Å². The summed E-state index contributed by atoms with van der Waals surface area (Å²) >= 11 is 9.40. The van der Waals surface area contributed by atoms with Gasteiger partial charge in [0.15, 0.2) is 0 Å². The topological polar surface area (TPSA) is 21.6 Å². The van der Waals surface area contributed by atoms with E-state index in [0.29, 0.717) is 6.61 Å². The highest BCUT2D eigenvalue weighted by Crippen LogP contribution is 2.24. The van der Waals surface area contributed by atoms with E-state index in [1.54, 1.807) is 0 Å². The molecule has 3 aromatic rings. The molecular weight excluding hydrogens is 386 g/mol. The van der Waals surface area contributed by atoms with E-state index in [4.69, 9.17) is 16.3 Å². The average Bonchev–Trinajstić information content (AvgIpc) is 2.61. The molecule has 24 heavy (non-hydrogen) atoms. The molecule has 0 saturated carbocycles. The Labute approximate surface area is 154 Å². The lowest BCUT2D eigenvalue weighted by Gasteiger charge is -2.10. The van der Waals surface area contributed by atoms with Gasteiger partial charge in [-0.2, -0.15) is 0 Å². The molecular formula is C20H15BrClNO. The van der Waals surface area contributed by atoms with Gasteiger partial charge in [0, 0.05) is 21.3 Å². The van der Waals surface area contributed by atoms with Crippen molar-refractivity contribution in [1.29, 1.82) is 0 Å². The van der Waals surface area contributed by atoms with E-state index in [9.17, 15) is 0 Å². The van der Waals surface area contributed by atoms with E-state index in [1.807, 2.05) is 79.0 Å². The molecule has 3 rings (SSSR count). The number of rotatable bonds is 5. The van der Waals surface area contributed by atoms with Gasteiger partial charge in [0.25, 0.3) is 0 Å². The minimum Gasteiger partial charge on any atom is -0.488 e. The Kier molecular flexibility index (Phi) is 5.68. The van der Waals surface area contributed by atoms with E-state index < -0.39 is 0 Å². The first kappa shape index (κ1) is 16.7. The Morgan fingerprint density at radius 1 is 0.958 bits per heavy atom. The van der Waals surface area contributed by atoms with Gasteiger partial charge in [-0.15, -0.1) is 0 Å². The summed E-state index contributed by atoms with van der Waals surface area (Å²) in [5.41, 5.74) is 2.89. The first-order chi connectivity index (χ1) is 11.7. The van der Waals surface area contributed by atoms with Crippen molar-refractivity contribution in [2.75, 3.05) is 0 Å². The minimum absolute atomic E-state index is 0.477. The average molecular weight is 401 g/mol. The molecule has 0 spiro atoms. The van der Waals surface area contributed by atoms with Crippen LogP contribution < -0.4 is 4.74 Å². The smallest absolute Gasteiger partial charge is 0.128 e. The van der Waals surface area contributed by atoms with E-state index in [2.05, 4.69) is 20.9 Å². The van der Waals surface area contributed by atoms with Crippen LogP contribution in [0.2, 0.25) is 5.02 Å². The van der Waals surface area contributed by atoms with E-state index >= 15 is 0 Å². The molecule has 0 bridgehead atoms. The molecule has 0 unspecified atom stereocenters. The Hall–Kier alpha value is -2.10. The maximum Gasteiger partial charge on any atom is 0.128 e. The van der Waals surface area contributed by atoms with Gasteiger partial charge in [-0.1, -0.05) is 57.9 Å². The van der Waals surface area contributed by atoms with Crippen molar-refractivity contribution in [2.45, 2.75) is 6.61 Å². The fourth-order valence-corrected chi connectivity index (χ4v) is 2.66. The maximum atomic E-state index is 5.95. The zero-order valence-electron chi connectivity index (χ0n) is 12.8. The molecule has 120 valence electrons. The van der Waals surface area contributed by atoms with E-state index in [-0.39, 0.29) is 0 Å². The van der Waals surface area contributed by atoms with Crippen molar-refractivity contribution >= 4 is 39.4 Å². The first-order valence-electron chi connectivity index (χ1n) is 7.46. The summed E-state index contributed by atoms with van der Waals surface area (Å²) in [6, 6.07) is 23.3. The van der Waals surface area contributed by atoms with Crippen molar-refractivity contribution in [1.82, 2.24) is 0 Å². The van der Waals surface area contributed by atoms with Gasteiger partial charge in [0.05, 0.1) is 5.69 Å². The second-order valence-corrected chi connectivity index (χ2v) is 6.54. The van der Waals surface area contributed by atoms with E-state index in [0.717, 1.165) is 32.1 Å². The van der Waals surface area contributed by atoms with Gasteiger partial charge in [-0.25, -0.2) is 0 Å². The lowest BCUT2D eigenvalue weighted by molar-refractivity contribution is 0.306. The van der Waals surface area contributed by atoms with Crippen LogP contribution in [0.3, 0.4) is 0 Å².